The number of nitrogens with one attached hydrogen (secondary N) is 1. The lowest BCUT2D eigenvalue weighted by Gasteiger charge is -2.20. The summed E-state index contributed by atoms with van der Waals surface area (Å²) in [5.74, 6) is 1.04. The Morgan fingerprint density at radius 1 is 1.42 bits per heavy atom. The molecule has 0 spiro atoms. The summed E-state index contributed by atoms with van der Waals surface area (Å²) in [7, 11) is 2.07. The smallest absolute Gasteiger partial charge is 0.133 e. The zero-order valence-corrected chi connectivity index (χ0v) is 11.2. The van der Waals surface area contributed by atoms with Crippen LogP contribution < -0.4 is 10.2 Å². The minimum Gasteiger partial charge on any atom is -0.472 e. The maximum atomic E-state index is 5.11. The average Bonchev–Trinajstić information content (AvgIpc) is 3.13. The first-order valence-electron chi connectivity index (χ1n) is 6.72. The second-order valence-corrected chi connectivity index (χ2v) is 5.13. The number of furan rings is 1. The van der Waals surface area contributed by atoms with Crippen LogP contribution in [-0.2, 0) is 13.1 Å². The number of hydrogen-bond donors (Lipinski definition) is 1. The molecule has 0 radical (unpaired) electrons. The Bertz CT molecular complexity index is 520. The Hall–Kier alpha value is -1.81. The normalized spacial score (nSPS) is 14.6. The number of hydrogen-bond acceptors (Lipinski definition) is 4. The van der Waals surface area contributed by atoms with Gasteiger partial charge in [0.15, 0.2) is 0 Å². The first-order chi connectivity index (χ1) is 9.33. The molecule has 4 nitrogen and oxygen atoms in total. The monoisotopic (exact) mass is 257 g/mol. The summed E-state index contributed by atoms with van der Waals surface area (Å²) in [6, 6.07) is 6.84. The Labute approximate surface area is 113 Å². The molecule has 1 N–H and O–H groups in total. The second-order valence-electron chi connectivity index (χ2n) is 5.13. The van der Waals surface area contributed by atoms with E-state index in [9.17, 15) is 0 Å². The predicted molar refractivity (Wildman–Crippen MR) is 74.9 cm³/mol. The van der Waals surface area contributed by atoms with Gasteiger partial charge in [-0.05, 0) is 25.0 Å². The molecule has 2 aromatic rings. The summed E-state index contributed by atoms with van der Waals surface area (Å²) in [5.41, 5.74) is 2.41. The maximum Gasteiger partial charge on any atom is 0.133 e. The summed E-state index contributed by atoms with van der Waals surface area (Å²) >= 11 is 0. The molecule has 0 amide bonds. The highest BCUT2D eigenvalue weighted by atomic mass is 16.3. The number of anilines is 1. The van der Waals surface area contributed by atoms with Gasteiger partial charge in [-0.2, -0.15) is 0 Å². The van der Waals surface area contributed by atoms with Gasteiger partial charge < -0.3 is 14.6 Å². The Kier molecular flexibility index (Phi) is 3.51. The first kappa shape index (κ1) is 12.2. The molecule has 0 atom stereocenters. The molecule has 0 aromatic carbocycles. The highest BCUT2D eigenvalue weighted by molar-refractivity contribution is 5.46. The fourth-order valence-corrected chi connectivity index (χ4v) is 2.19. The molecular formula is C15H19N3O. The van der Waals surface area contributed by atoms with Crippen molar-refractivity contribution in [1.82, 2.24) is 10.3 Å². The molecule has 4 heteroatoms. The largest absolute Gasteiger partial charge is 0.472 e. The molecule has 1 aliphatic rings. The van der Waals surface area contributed by atoms with Crippen molar-refractivity contribution in [3.05, 3.63) is 48.0 Å². The van der Waals surface area contributed by atoms with E-state index in [0.29, 0.717) is 6.04 Å². The van der Waals surface area contributed by atoms with E-state index in [-0.39, 0.29) is 0 Å². The van der Waals surface area contributed by atoms with Crippen LogP contribution in [0.3, 0.4) is 0 Å². The SMILES string of the molecule is CN(Cc1ccoc1)c1ncccc1CNC1CC1. The third-order valence-corrected chi connectivity index (χ3v) is 3.39. The Morgan fingerprint density at radius 2 is 2.32 bits per heavy atom. The van der Waals surface area contributed by atoms with E-state index in [0.717, 1.165) is 24.5 Å². The van der Waals surface area contributed by atoms with Crippen molar-refractivity contribution in [2.75, 3.05) is 11.9 Å². The van der Waals surface area contributed by atoms with Crippen molar-refractivity contribution < 1.29 is 4.42 Å². The quantitative estimate of drug-likeness (QED) is 0.863. The molecule has 3 rings (SSSR count). The Morgan fingerprint density at radius 3 is 3.05 bits per heavy atom. The zero-order chi connectivity index (χ0) is 13.1. The van der Waals surface area contributed by atoms with Crippen molar-refractivity contribution in [3.8, 4) is 0 Å². The number of rotatable bonds is 6. The van der Waals surface area contributed by atoms with E-state index in [1.165, 1.54) is 18.4 Å². The van der Waals surface area contributed by atoms with Crippen LogP contribution in [0.15, 0.2) is 41.3 Å². The van der Waals surface area contributed by atoms with Gasteiger partial charge in [0, 0.05) is 43.5 Å². The van der Waals surface area contributed by atoms with Crippen LogP contribution in [0.2, 0.25) is 0 Å². The summed E-state index contributed by atoms with van der Waals surface area (Å²) in [4.78, 5) is 6.67. The lowest BCUT2D eigenvalue weighted by atomic mass is 10.2. The molecule has 19 heavy (non-hydrogen) atoms. The maximum absolute atomic E-state index is 5.11. The van der Waals surface area contributed by atoms with E-state index in [4.69, 9.17) is 4.42 Å². The van der Waals surface area contributed by atoms with Gasteiger partial charge in [0.1, 0.15) is 5.82 Å². The van der Waals surface area contributed by atoms with Gasteiger partial charge in [-0.1, -0.05) is 6.07 Å². The molecular weight excluding hydrogens is 238 g/mol. The predicted octanol–water partition coefficient (Wildman–Crippen LogP) is 2.56. The summed E-state index contributed by atoms with van der Waals surface area (Å²) in [6.45, 7) is 1.70. The van der Waals surface area contributed by atoms with Gasteiger partial charge in [0.2, 0.25) is 0 Å². The van der Waals surface area contributed by atoms with Crippen LogP contribution in [0.25, 0.3) is 0 Å². The summed E-state index contributed by atoms with van der Waals surface area (Å²) < 4.78 is 5.11. The average molecular weight is 257 g/mol. The summed E-state index contributed by atoms with van der Waals surface area (Å²) in [5, 5.41) is 3.54. The van der Waals surface area contributed by atoms with Crippen LogP contribution >= 0.6 is 0 Å². The van der Waals surface area contributed by atoms with Gasteiger partial charge >= 0.3 is 0 Å². The van der Waals surface area contributed by atoms with Crippen molar-refractivity contribution >= 4 is 5.82 Å². The van der Waals surface area contributed by atoms with E-state index in [1.807, 2.05) is 18.3 Å². The van der Waals surface area contributed by atoms with Gasteiger partial charge in [0.25, 0.3) is 0 Å². The van der Waals surface area contributed by atoms with Crippen LogP contribution in [0.4, 0.5) is 5.82 Å². The van der Waals surface area contributed by atoms with Crippen LogP contribution in [0.5, 0.6) is 0 Å². The molecule has 1 fully saturated rings. The van der Waals surface area contributed by atoms with Crippen LogP contribution in [0.1, 0.15) is 24.0 Å². The number of nitrogens with zero attached hydrogens (tertiary/aromatic N) is 2. The van der Waals surface area contributed by atoms with Gasteiger partial charge in [-0.15, -0.1) is 0 Å². The van der Waals surface area contributed by atoms with Crippen molar-refractivity contribution in [2.45, 2.75) is 32.0 Å². The van der Waals surface area contributed by atoms with Crippen molar-refractivity contribution in [3.63, 3.8) is 0 Å². The van der Waals surface area contributed by atoms with Crippen molar-refractivity contribution in [2.24, 2.45) is 0 Å². The molecule has 0 saturated heterocycles. The molecule has 1 saturated carbocycles. The molecule has 2 aromatic heterocycles. The summed E-state index contributed by atoms with van der Waals surface area (Å²) in [6.07, 6.45) is 7.95. The Balaban J connectivity index is 1.70. The first-order valence-corrected chi connectivity index (χ1v) is 6.72. The molecule has 2 heterocycles. The highest BCUT2D eigenvalue weighted by Crippen LogP contribution is 2.22. The van der Waals surface area contributed by atoms with E-state index < -0.39 is 0 Å². The second kappa shape index (κ2) is 5.45. The fourth-order valence-electron chi connectivity index (χ4n) is 2.19. The third-order valence-electron chi connectivity index (χ3n) is 3.39. The molecule has 0 aliphatic heterocycles. The topological polar surface area (TPSA) is 41.3 Å². The van der Waals surface area contributed by atoms with E-state index in [1.54, 1.807) is 12.5 Å². The van der Waals surface area contributed by atoms with E-state index >= 15 is 0 Å². The number of pyridine rings is 1. The van der Waals surface area contributed by atoms with Crippen molar-refractivity contribution in [1.29, 1.82) is 0 Å². The minimum atomic E-state index is 0.715. The van der Waals surface area contributed by atoms with Gasteiger partial charge in [-0.3, -0.25) is 0 Å². The van der Waals surface area contributed by atoms with Crippen LogP contribution in [0, 0.1) is 0 Å². The van der Waals surface area contributed by atoms with E-state index in [2.05, 4.69) is 28.3 Å². The van der Waals surface area contributed by atoms with Crippen LogP contribution in [-0.4, -0.2) is 18.1 Å². The zero-order valence-electron chi connectivity index (χ0n) is 11.2. The third kappa shape index (κ3) is 3.15. The molecule has 0 unspecified atom stereocenters. The molecule has 0 bridgehead atoms. The van der Waals surface area contributed by atoms with Gasteiger partial charge in [0.05, 0.1) is 12.5 Å². The minimum absolute atomic E-state index is 0.715. The molecule has 1 aliphatic carbocycles. The highest BCUT2D eigenvalue weighted by Gasteiger charge is 2.21. The lowest BCUT2D eigenvalue weighted by molar-refractivity contribution is 0.563. The molecule has 100 valence electrons. The van der Waals surface area contributed by atoms with Gasteiger partial charge in [-0.25, -0.2) is 4.98 Å². The fraction of sp³-hybridized carbons (Fsp3) is 0.400. The number of aromatic nitrogens is 1. The lowest BCUT2D eigenvalue weighted by Crippen LogP contribution is -2.22. The standard InChI is InChI=1S/C15H19N3O/c1-18(10-12-6-8-19-11-12)15-13(3-2-7-16-15)9-17-14-4-5-14/h2-3,6-8,11,14,17H,4-5,9-10H2,1H3.